The van der Waals surface area contributed by atoms with Crippen molar-refractivity contribution >= 4 is 19.3 Å². The molecule has 0 fully saturated rings. The predicted molar refractivity (Wildman–Crippen MR) is 60.7 cm³/mol. The zero-order chi connectivity index (χ0) is 12.9. The lowest BCUT2D eigenvalue weighted by molar-refractivity contribution is -0.211. The number of rotatable bonds is 6. The first kappa shape index (κ1) is 13.7. The van der Waals surface area contributed by atoms with E-state index in [1.54, 1.807) is 12.1 Å². The molecule has 0 spiro atoms. The summed E-state index contributed by atoms with van der Waals surface area (Å²) in [7, 11) is -4.75. The number of carbonyl (C=O) groups excluding carboxylic acids is 1. The van der Waals surface area contributed by atoms with E-state index in [2.05, 4.69) is 9.84 Å². The van der Waals surface area contributed by atoms with Gasteiger partial charge < -0.3 is 19.6 Å². The second-order valence-electron chi connectivity index (χ2n) is 3.46. The fraction of sp³-hybridized carbons (Fsp3) is 0.300. The summed E-state index contributed by atoms with van der Waals surface area (Å²) < 4.78 is 14.7. The quantitative estimate of drug-likeness (QED) is 0.736. The minimum absolute atomic E-state index is 0.0305. The van der Waals surface area contributed by atoms with Crippen molar-refractivity contribution in [3.05, 3.63) is 24.3 Å². The van der Waals surface area contributed by atoms with Gasteiger partial charge in [0, 0.05) is 18.7 Å². The van der Waals surface area contributed by atoms with Gasteiger partial charge in [-0.05, 0) is 31.2 Å². The smallest absolute Gasteiger partial charge is 0.317 e. The first-order chi connectivity index (χ1) is 7.87. The van der Waals surface area contributed by atoms with Crippen molar-refractivity contribution in [2.24, 2.45) is 0 Å². The van der Waals surface area contributed by atoms with Crippen LogP contribution in [0.4, 0.5) is 5.69 Å². The van der Waals surface area contributed by atoms with Crippen molar-refractivity contribution < 1.29 is 23.7 Å². The molecule has 0 aliphatic carbocycles. The maximum absolute atomic E-state index is 10.7. The molecule has 7 heteroatoms. The van der Waals surface area contributed by atoms with Gasteiger partial charge in [0.15, 0.2) is 0 Å². The van der Waals surface area contributed by atoms with E-state index < -0.39 is 7.82 Å². The highest BCUT2D eigenvalue weighted by molar-refractivity contribution is 7.45. The molecule has 2 N–H and O–H groups in total. The molecule has 0 aromatic heterocycles. The van der Waals surface area contributed by atoms with Crippen molar-refractivity contribution in [3.63, 3.8) is 0 Å². The average Bonchev–Trinajstić information content (AvgIpc) is 2.18. The summed E-state index contributed by atoms with van der Waals surface area (Å²) in [6.45, 7) is 2.02. The van der Waals surface area contributed by atoms with Gasteiger partial charge in [-0.1, -0.05) is 0 Å². The van der Waals surface area contributed by atoms with Crippen LogP contribution in [0.3, 0.4) is 0 Å². The number of phosphoric acid groups is 1. The molecule has 1 unspecified atom stereocenters. The maximum Gasteiger partial charge on any atom is 0.317 e. The molecular formula is C10H13NO5P-. The Morgan fingerprint density at radius 1 is 1.47 bits per heavy atom. The summed E-state index contributed by atoms with van der Waals surface area (Å²) in [5.74, 6) is 0.118. The molecular weight excluding hydrogens is 245 g/mol. The molecule has 1 atom stereocenters. The Morgan fingerprint density at radius 2 is 2.06 bits per heavy atom. The zero-order valence-electron chi connectivity index (χ0n) is 9.25. The zero-order valence-corrected chi connectivity index (χ0v) is 10.1. The molecule has 0 amide bonds. The molecule has 0 saturated carbocycles. The number of benzene rings is 1. The predicted octanol–water partition coefficient (Wildman–Crippen LogP) is 0.917. The fourth-order valence-electron chi connectivity index (χ4n) is 1.15. The van der Waals surface area contributed by atoms with Crippen LogP contribution in [0.2, 0.25) is 0 Å². The highest BCUT2D eigenvalue weighted by Crippen LogP contribution is 2.33. The summed E-state index contributed by atoms with van der Waals surface area (Å²) in [6, 6.07) is 5.98. The van der Waals surface area contributed by atoms with Crippen LogP contribution in [-0.4, -0.2) is 17.2 Å². The standard InChI is InChI=1S/C10H14NO5P/c1-8(12)6-7-11-9-2-4-10(5-3-9)16-17(13,14)15/h2-5,11H,6-7H2,1H3,(H2,13,14,15)/p-1. The molecule has 0 bridgehead atoms. The van der Waals surface area contributed by atoms with Crippen LogP contribution < -0.4 is 14.7 Å². The van der Waals surface area contributed by atoms with Gasteiger partial charge in [0.25, 0.3) is 0 Å². The van der Waals surface area contributed by atoms with E-state index in [1.165, 1.54) is 19.1 Å². The van der Waals surface area contributed by atoms with Crippen LogP contribution in [0.25, 0.3) is 0 Å². The lowest BCUT2D eigenvalue weighted by Crippen LogP contribution is -2.06. The number of nitrogens with one attached hydrogen (secondary N) is 1. The minimum atomic E-state index is -4.75. The van der Waals surface area contributed by atoms with Crippen LogP contribution in [0, 0.1) is 0 Å². The average molecular weight is 258 g/mol. The molecule has 94 valence electrons. The Morgan fingerprint density at radius 3 is 2.53 bits per heavy atom. The third-order valence-electron chi connectivity index (χ3n) is 1.88. The largest absolute Gasteiger partial charge is 0.746 e. The third kappa shape index (κ3) is 6.06. The molecule has 1 rings (SSSR count). The van der Waals surface area contributed by atoms with E-state index in [1.807, 2.05) is 0 Å². The first-order valence-electron chi connectivity index (χ1n) is 4.93. The highest BCUT2D eigenvalue weighted by atomic mass is 31.2. The van der Waals surface area contributed by atoms with Gasteiger partial charge in [-0.25, -0.2) is 0 Å². The van der Waals surface area contributed by atoms with Crippen molar-refractivity contribution in [3.8, 4) is 5.75 Å². The van der Waals surface area contributed by atoms with Crippen LogP contribution in [0.1, 0.15) is 13.3 Å². The molecule has 0 aliphatic heterocycles. The molecule has 1 aromatic carbocycles. The SMILES string of the molecule is CC(=O)CCNc1ccc(OP(=O)([O-])O)cc1. The Hall–Kier alpha value is -1.36. The molecule has 0 saturated heterocycles. The summed E-state index contributed by atoms with van der Waals surface area (Å²) >= 11 is 0. The molecule has 1 aromatic rings. The molecule has 17 heavy (non-hydrogen) atoms. The number of hydrogen-bond donors (Lipinski definition) is 2. The van der Waals surface area contributed by atoms with Crippen molar-refractivity contribution in [2.45, 2.75) is 13.3 Å². The third-order valence-corrected chi connectivity index (χ3v) is 2.32. The van der Waals surface area contributed by atoms with Gasteiger partial charge in [-0.3, -0.25) is 9.36 Å². The van der Waals surface area contributed by atoms with Crippen LogP contribution in [0.15, 0.2) is 24.3 Å². The summed E-state index contributed by atoms with van der Waals surface area (Å²) in [4.78, 5) is 29.6. The summed E-state index contributed by atoms with van der Waals surface area (Å²) in [6.07, 6.45) is 0.421. The lowest BCUT2D eigenvalue weighted by Gasteiger charge is -2.16. The second kappa shape index (κ2) is 5.82. The van der Waals surface area contributed by atoms with E-state index >= 15 is 0 Å². The first-order valence-corrected chi connectivity index (χ1v) is 6.43. The number of anilines is 1. The molecule has 6 nitrogen and oxygen atoms in total. The topological polar surface area (TPSA) is 98.7 Å². The van der Waals surface area contributed by atoms with Gasteiger partial charge >= 0.3 is 7.82 Å². The Labute approximate surface area is 98.9 Å². The van der Waals surface area contributed by atoms with Crippen LogP contribution >= 0.6 is 7.82 Å². The normalized spacial score (nSPS) is 13.8. The number of carbonyl (C=O) groups is 1. The summed E-state index contributed by atoms with van der Waals surface area (Å²) in [5.41, 5.74) is 0.734. The Balaban J connectivity index is 2.50. The molecule has 0 radical (unpaired) electrons. The molecule has 0 aliphatic rings. The maximum atomic E-state index is 10.7. The van der Waals surface area contributed by atoms with E-state index in [0.29, 0.717) is 13.0 Å². The lowest BCUT2D eigenvalue weighted by atomic mass is 10.2. The van der Waals surface area contributed by atoms with Crippen molar-refractivity contribution in [1.29, 1.82) is 0 Å². The van der Waals surface area contributed by atoms with Crippen LogP contribution in [0.5, 0.6) is 5.75 Å². The van der Waals surface area contributed by atoms with E-state index in [-0.39, 0.29) is 11.5 Å². The minimum Gasteiger partial charge on any atom is -0.746 e. The van der Waals surface area contributed by atoms with Gasteiger partial charge in [0.1, 0.15) is 11.5 Å². The second-order valence-corrected chi connectivity index (χ2v) is 4.58. The van der Waals surface area contributed by atoms with E-state index in [4.69, 9.17) is 4.89 Å². The Kier molecular flexibility index (Phi) is 4.69. The van der Waals surface area contributed by atoms with Crippen LogP contribution in [-0.2, 0) is 9.36 Å². The monoisotopic (exact) mass is 258 g/mol. The van der Waals surface area contributed by atoms with Crippen molar-refractivity contribution in [2.75, 3.05) is 11.9 Å². The van der Waals surface area contributed by atoms with Gasteiger partial charge in [0.05, 0.1) is 0 Å². The van der Waals surface area contributed by atoms with E-state index in [9.17, 15) is 14.3 Å². The Bertz CT molecular complexity index is 425. The van der Waals surface area contributed by atoms with E-state index in [0.717, 1.165) is 5.69 Å². The number of hydrogen-bond acceptors (Lipinski definition) is 5. The van der Waals surface area contributed by atoms with Gasteiger partial charge in [-0.15, -0.1) is 0 Å². The molecule has 0 heterocycles. The highest BCUT2D eigenvalue weighted by Gasteiger charge is 2.04. The number of phosphoric ester groups is 1. The fourth-order valence-corrected chi connectivity index (χ4v) is 1.54. The number of Topliss-reactive ketones (excluding diaryl/α,β-unsaturated/α-hetero) is 1. The summed E-state index contributed by atoms with van der Waals surface area (Å²) in [5, 5.41) is 2.98. The van der Waals surface area contributed by atoms with Gasteiger partial charge in [0.2, 0.25) is 0 Å². The van der Waals surface area contributed by atoms with Crippen molar-refractivity contribution in [1.82, 2.24) is 0 Å². The van der Waals surface area contributed by atoms with Gasteiger partial charge in [-0.2, -0.15) is 0 Å². The number of ketones is 1.